The van der Waals surface area contributed by atoms with Crippen LogP contribution in [0.5, 0.6) is 0 Å². The zero-order valence-corrected chi connectivity index (χ0v) is 14.5. The Balaban J connectivity index is 1.88. The monoisotopic (exact) mass is 332 g/mol. The second-order valence-electron chi connectivity index (χ2n) is 6.23. The van der Waals surface area contributed by atoms with Crippen molar-refractivity contribution in [3.05, 3.63) is 35.9 Å². The molecule has 2 amide bonds. The molecule has 1 fully saturated rings. The number of rotatable bonds is 7. The number of amides is 2. The summed E-state index contributed by atoms with van der Waals surface area (Å²) < 4.78 is 0. The van der Waals surface area contributed by atoms with Gasteiger partial charge in [-0.05, 0) is 18.5 Å². The first-order valence-corrected chi connectivity index (χ1v) is 8.60. The fourth-order valence-corrected chi connectivity index (χ4v) is 2.93. The lowest BCUT2D eigenvalue weighted by Gasteiger charge is -2.35. The van der Waals surface area contributed by atoms with Crippen molar-refractivity contribution in [1.29, 1.82) is 0 Å². The first kappa shape index (κ1) is 18.4. The van der Waals surface area contributed by atoms with Crippen LogP contribution in [0.4, 0.5) is 0 Å². The topological polar surface area (TPSA) is 69.9 Å². The van der Waals surface area contributed by atoms with Crippen molar-refractivity contribution in [3.8, 4) is 0 Å². The van der Waals surface area contributed by atoms with Crippen LogP contribution in [0, 0.1) is 0 Å². The summed E-state index contributed by atoms with van der Waals surface area (Å²) in [7, 11) is 0. The van der Waals surface area contributed by atoms with Crippen LogP contribution in [0.2, 0.25) is 0 Å². The van der Waals surface area contributed by atoms with E-state index in [1.165, 1.54) is 5.56 Å². The molecule has 0 atom stereocenters. The van der Waals surface area contributed by atoms with Crippen LogP contribution in [0.15, 0.2) is 30.3 Å². The van der Waals surface area contributed by atoms with Crippen molar-refractivity contribution in [2.75, 3.05) is 45.8 Å². The van der Waals surface area contributed by atoms with Crippen molar-refractivity contribution in [2.24, 2.45) is 5.73 Å². The van der Waals surface area contributed by atoms with Gasteiger partial charge in [0.15, 0.2) is 0 Å². The van der Waals surface area contributed by atoms with Gasteiger partial charge in [0.1, 0.15) is 0 Å². The molecule has 0 aromatic heterocycles. The number of nitrogens with two attached hydrogens (primary N) is 1. The van der Waals surface area contributed by atoms with Gasteiger partial charge in [-0.1, -0.05) is 30.3 Å². The lowest BCUT2D eigenvalue weighted by Crippen LogP contribution is -2.52. The van der Waals surface area contributed by atoms with E-state index in [-0.39, 0.29) is 11.8 Å². The lowest BCUT2D eigenvalue weighted by molar-refractivity contribution is -0.139. The van der Waals surface area contributed by atoms with Gasteiger partial charge in [0, 0.05) is 46.2 Å². The molecule has 1 aliphatic heterocycles. The number of carbonyl (C=O) groups is 2. The summed E-state index contributed by atoms with van der Waals surface area (Å²) in [5.74, 6) is 0.210. The molecular weight excluding hydrogens is 304 g/mol. The average Bonchev–Trinajstić information content (AvgIpc) is 2.60. The molecule has 0 aliphatic carbocycles. The molecule has 1 aromatic rings. The minimum absolute atomic E-state index is 0.0794. The van der Waals surface area contributed by atoms with Crippen molar-refractivity contribution >= 4 is 11.8 Å². The lowest BCUT2D eigenvalue weighted by atomic mass is 10.2. The van der Waals surface area contributed by atoms with Gasteiger partial charge in [0.05, 0.1) is 6.54 Å². The highest BCUT2D eigenvalue weighted by molar-refractivity contribution is 5.79. The van der Waals surface area contributed by atoms with E-state index in [1.807, 2.05) is 23.1 Å². The van der Waals surface area contributed by atoms with Crippen molar-refractivity contribution in [1.82, 2.24) is 14.7 Å². The molecule has 24 heavy (non-hydrogen) atoms. The van der Waals surface area contributed by atoms with Crippen LogP contribution in [0.25, 0.3) is 0 Å². The van der Waals surface area contributed by atoms with Crippen LogP contribution in [-0.2, 0) is 16.1 Å². The van der Waals surface area contributed by atoms with Gasteiger partial charge in [0.25, 0.3) is 0 Å². The Kier molecular flexibility index (Phi) is 7.21. The first-order valence-electron chi connectivity index (χ1n) is 8.60. The third kappa shape index (κ3) is 5.62. The highest BCUT2D eigenvalue weighted by Crippen LogP contribution is 2.08. The highest BCUT2D eigenvalue weighted by atomic mass is 16.2. The number of nitrogens with zero attached hydrogens (tertiary/aromatic N) is 3. The molecule has 1 aromatic carbocycles. The van der Waals surface area contributed by atoms with Crippen LogP contribution in [0.1, 0.15) is 18.9 Å². The summed E-state index contributed by atoms with van der Waals surface area (Å²) in [6, 6.07) is 10.2. The highest BCUT2D eigenvalue weighted by Gasteiger charge is 2.23. The molecule has 0 radical (unpaired) electrons. The fourth-order valence-electron chi connectivity index (χ4n) is 2.93. The maximum atomic E-state index is 12.6. The van der Waals surface area contributed by atoms with E-state index >= 15 is 0 Å². The minimum Gasteiger partial charge on any atom is -0.339 e. The quantitative estimate of drug-likeness (QED) is 0.791. The second-order valence-corrected chi connectivity index (χ2v) is 6.23. The summed E-state index contributed by atoms with van der Waals surface area (Å²) >= 11 is 0. The predicted molar refractivity (Wildman–Crippen MR) is 94.2 cm³/mol. The van der Waals surface area contributed by atoms with Gasteiger partial charge in [-0.25, -0.2) is 0 Å². The first-order chi connectivity index (χ1) is 11.6. The van der Waals surface area contributed by atoms with Crippen LogP contribution in [0.3, 0.4) is 0 Å². The van der Waals surface area contributed by atoms with Crippen LogP contribution < -0.4 is 5.73 Å². The standard InChI is InChI=1S/C18H28N4O2/c1-16(23)21-10-12-22(13-11-21)18(24)15-20(9-5-8-19)14-17-6-3-2-4-7-17/h2-4,6-7H,5,8-15,19H2,1H3. The summed E-state index contributed by atoms with van der Waals surface area (Å²) in [4.78, 5) is 29.8. The van der Waals surface area contributed by atoms with E-state index in [4.69, 9.17) is 5.73 Å². The molecule has 132 valence electrons. The molecule has 0 unspecified atom stereocenters. The maximum Gasteiger partial charge on any atom is 0.236 e. The molecule has 0 spiro atoms. The smallest absolute Gasteiger partial charge is 0.236 e. The third-order valence-corrected chi connectivity index (χ3v) is 4.36. The largest absolute Gasteiger partial charge is 0.339 e. The summed E-state index contributed by atoms with van der Waals surface area (Å²) in [6.45, 7) is 6.65. The SMILES string of the molecule is CC(=O)N1CCN(C(=O)CN(CCCN)Cc2ccccc2)CC1. The summed E-state index contributed by atoms with van der Waals surface area (Å²) in [5.41, 5.74) is 6.83. The van der Waals surface area contributed by atoms with Gasteiger partial charge in [-0.15, -0.1) is 0 Å². The molecule has 6 nitrogen and oxygen atoms in total. The van der Waals surface area contributed by atoms with Crippen molar-refractivity contribution in [3.63, 3.8) is 0 Å². The molecule has 2 rings (SSSR count). The van der Waals surface area contributed by atoms with E-state index in [0.29, 0.717) is 39.3 Å². The van der Waals surface area contributed by atoms with Gasteiger partial charge in [0.2, 0.25) is 11.8 Å². The predicted octanol–water partition coefficient (Wildman–Crippen LogP) is 0.528. The molecular formula is C18H28N4O2. The molecule has 1 heterocycles. The second kappa shape index (κ2) is 9.39. The zero-order chi connectivity index (χ0) is 17.4. The van der Waals surface area contributed by atoms with Gasteiger partial charge >= 0.3 is 0 Å². The van der Waals surface area contributed by atoms with E-state index in [1.54, 1.807) is 11.8 Å². The normalized spacial score (nSPS) is 15.0. The Hall–Kier alpha value is -1.92. The summed E-state index contributed by atoms with van der Waals surface area (Å²) in [6.07, 6.45) is 0.873. The molecule has 6 heteroatoms. The van der Waals surface area contributed by atoms with Crippen molar-refractivity contribution in [2.45, 2.75) is 19.9 Å². The Labute approximate surface area is 144 Å². The Bertz CT molecular complexity index is 527. The molecule has 1 aliphatic rings. The fraction of sp³-hybridized carbons (Fsp3) is 0.556. The van der Waals surface area contributed by atoms with E-state index in [9.17, 15) is 9.59 Å². The van der Waals surface area contributed by atoms with Crippen molar-refractivity contribution < 1.29 is 9.59 Å². The number of piperazine rings is 1. The Morgan fingerprint density at radius 2 is 1.71 bits per heavy atom. The minimum atomic E-state index is 0.0794. The van der Waals surface area contributed by atoms with Gasteiger partial charge < -0.3 is 15.5 Å². The Morgan fingerprint density at radius 1 is 1.08 bits per heavy atom. The number of benzene rings is 1. The zero-order valence-electron chi connectivity index (χ0n) is 14.5. The van der Waals surface area contributed by atoms with Crippen LogP contribution in [-0.4, -0.2) is 72.3 Å². The molecule has 2 N–H and O–H groups in total. The summed E-state index contributed by atoms with van der Waals surface area (Å²) in [5, 5.41) is 0. The van der Waals surface area contributed by atoms with E-state index in [2.05, 4.69) is 17.0 Å². The Morgan fingerprint density at radius 3 is 2.29 bits per heavy atom. The van der Waals surface area contributed by atoms with Gasteiger partial charge in [-0.2, -0.15) is 0 Å². The number of carbonyl (C=O) groups excluding carboxylic acids is 2. The van der Waals surface area contributed by atoms with Gasteiger partial charge in [-0.3, -0.25) is 14.5 Å². The van der Waals surface area contributed by atoms with E-state index < -0.39 is 0 Å². The number of hydrogen-bond acceptors (Lipinski definition) is 4. The van der Waals surface area contributed by atoms with E-state index in [0.717, 1.165) is 19.5 Å². The third-order valence-electron chi connectivity index (χ3n) is 4.36. The maximum absolute atomic E-state index is 12.6. The van der Waals surface area contributed by atoms with Crippen LogP contribution >= 0.6 is 0 Å². The number of hydrogen-bond donors (Lipinski definition) is 1. The molecule has 0 bridgehead atoms. The average molecular weight is 332 g/mol. The molecule has 1 saturated heterocycles. The molecule has 0 saturated carbocycles.